The Kier molecular flexibility index (Phi) is 11.4. The van der Waals surface area contributed by atoms with Crippen molar-refractivity contribution in [3.05, 3.63) is 0 Å². The Hall–Kier alpha value is 1.23. The van der Waals surface area contributed by atoms with Gasteiger partial charge < -0.3 is 10.2 Å². The van der Waals surface area contributed by atoms with E-state index in [1.807, 2.05) is 0 Å². The zero-order valence-corrected chi connectivity index (χ0v) is 7.30. The van der Waals surface area contributed by atoms with Gasteiger partial charge >= 0.3 is 51.4 Å². The standard InChI is InChI=1S/C3H5O3.K/c4-1-3(6)2-5;/h4H,1-2H2;/q-1;+1. The van der Waals surface area contributed by atoms with Crippen LogP contribution >= 0.6 is 0 Å². The smallest absolute Gasteiger partial charge is 0.849 e. The molecule has 4 heteroatoms. The minimum Gasteiger partial charge on any atom is -0.849 e. The summed E-state index contributed by atoms with van der Waals surface area (Å²) in [7, 11) is 0. The molecule has 0 aromatic rings. The number of rotatable bonds is 2. The van der Waals surface area contributed by atoms with Crippen molar-refractivity contribution in [1.29, 1.82) is 0 Å². The van der Waals surface area contributed by atoms with Gasteiger partial charge in [-0.15, -0.1) is 0 Å². The number of aliphatic hydroxyl groups excluding tert-OH is 1. The van der Waals surface area contributed by atoms with Crippen molar-refractivity contribution in [2.75, 3.05) is 13.2 Å². The summed E-state index contributed by atoms with van der Waals surface area (Å²) in [5.74, 6) is -0.657. The van der Waals surface area contributed by atoms with Crippen molar-refractivity contribution < 1.29 is 66.4 Å². The molecule has 0 spiro atoms. The Balaban J connectivity index is 0. The first kappa shape index (κ1) is 11.1. The molecule has 0 rings (SSSR count). The van der Waals surface area contributed by atoms with Crippen LogP contribution in [0.5, 0.6) is 0 Å². The quantitative estimate of drug-likeness (QED) is 0.378. The maximum atomic E-state index is 9.62. The Labute approximate surface area is 84.1 Å². The summed E-state index contributed by atoms with van der Waals surface area (Å²) in [4.78, 5) is 9.62. The molecule has 0 aliphatic carbocycles. The topological polar surface area (TPSA) is 60.4 Å². The third-order valence-electron chi connectivity index (χ3n) is 0.337. The average molecular weight is 128 g/mol. The molecular weight excluding hydrogens is 123 g/mol. The van der Waals surface area contributed by atoms with Crippen LogP contribution in [0.3, 0.4) is 0 Å². The number of carbonyl (C=O) groups is 1. The summed E-state index contributed by atoms with van der Waals surface area (Å²) < 4.78 is 0. The van der Waals surface area contributed by atoms with Crippen molar-refractivity contribution in [3.8, 4) is 0 Å². The molecule has 0 fully saturated rings. The molecule has 0 saturated heterocycles. The van der Waals surface area contributed by atoms with Crippen LogP contribution in [0.15, 0.2) is 0 Å². The van der Waals surface area contributed by atoms with E-state index in [1.54, 1.807) is 0 Å². The molecule has 0 heterocycles. The monoisotopic (exact) mass is 128 g/mol. The van der Waals surface area contributed by atoms with Crippen LogP contribution in [0.2, 0.25) is 0 Å². The Morgan fingerprint density at radius 3 is 2.14 bits per heavy atom. The molecule has 0 radical (unpaired) electrons. The van der Waals surface area contributed by atoms with E-state index in [0.717, 1.165) is 0 Å². The maximum Gasteiger partial charge on any atom is 1.00 e. The van der Waals surface area contributed by atoms with Crippen molar-refractivity contribution >= 4 is 5.78 Å². The first-order chi connectivity index (χ1) is 2.81. The van der Waals surface area contributed by atoms with Gasteiger partial charge in [-0.2, -0.15) is 0 Å². The molecule has 0 unspecified atom stereocenters. The van der Waals surface area contributed by atoms with E-state index in [0.29, 0.717) is 0 Å². The van der Waals surface area contributed by atoms with E-state index in [2.05, 4.69) is 0 Å². The van der Waals surface area contributed by atoms with Gasteiger partial charge in [-0.05, 0) is 0 Å². The van der Waals surface area contributed by atoms with Gasteiger partial charge in [-0.1, -0.05) is 6.61 Å². The predicted octanol–water partition coefficient (Wildman–Crippen LogP) is -5.09. The molecule has 3 nitrogen and oxygen atoms in total. The number of hydrogen-bond donors (Lipinski definition) is 1. The van der Waals surface area contributed by atoms with Gasteiger partial charge in [0.2, 0.25) is 0 Å². The minimum absolute atomic E-state index is 0. The minimum atomic E-state index is -0.809. The maximum absolute atomic E-state index is 9.62. The second-order valence-corrected chi connectivity index (χ2v) is 0.841. The van der Waals surface area contributed by atoms with Crippen LogP contribution < -0.4 is 56.5 Å². The van der Waals surface area contributed by atoms with Crippen LogP contribution in [-0.2, 0) is 4.79 Å². The molecule has 0 bridgehead atoms. The van der Waals surface area contributed by atoms with Crippen LogP contribution in [0, 0.1) is 0 Å². The summed E-state index contributed by atoms with van der Waals surface area (Å²) in [6, 6.07) is 0. The normalized spacial score (nSPS) is 7.14. The first-order valence-electron chi connectivity index (χ1n) is 1.52. The van der Waals surface area contributed by atoms with Gasteiger partial charge in [0.1, 0.15) is 12.4 Å². The molecule has 1 N–H and O–H groups in total. The number of aliphatic hydroxyl groups is 1. The number of Topliss-reactive ketones (excluding diaryl/α,β-unsaturated/α-hetero) is 1. The SMILES string of the molecule is O=C(C[O-])CO.[K+]. The van der Waals surface area contributed by atoms with Crippen LogP contribution in [0.4, 0.5) is 0 Å². The fourth-order valence-corrected chi connectivity index (χ4v) is 0.0456. The third kappa shape index (κ3) is 7.23. The fraction of sp³-hybridized carbons (Fsp3) is 0.667. The zero-order chi connectivity index (χ0) is 4.99. The third-order valence-corrected chi connectivity index (χ3v) is 0.337. The van der Waals surface area contributed by atoms with E-state index in [1.165, 1.54) is 0 Å². The van der Waals surface area contributed by atoms with Crippen LogP contribution in [0.25, 0.3) is 0 Å². The van der Waals surface area contributed by atoms with E-state index in [4.69, 9.17) is 5.11 Å². The number of ketones is 1. The molecule has 7 heavy (non-hydrogen) atoms. The largest absolute Gasteiger partial charge is 1.00 e. The van der Waals surface area contributed by atoms with Gasteiger partial charge in [0.25, 0.3) is 0 Å². The Morgan fingerprint density at radius 2 is 2.14 bits per heavy atom. The van der Waals surface area contributed by atoms with E-state index in [-0.39, 0.29) is 51.4 Å². The Morgan fingerprint density at radius 1 is 1.71 bits per heavy atom. The van der Waals surface area contributed by atoms with Crippen molar-refractivity contribution in [2.45, 2.75) is 0 Å². The molecule has 0 saturated carbocycles. The van der Waals surface area contributed by atoms with Gasteiger partial charge in [-0.3, -0.25) is 4.79 Å². The van der Waals surface area contributed by atoms with E-state index < -0.39 is 19.0 Å². The molecule has 0 atom stereocenters. The molecule has 0 aliphatic rings. The van der Waals surface area contributed by atoms with E-state index >= 15 is 0 Å². The first-order valence-corrected chi connectivity index (χ1v) is 1.52. The fourth-order valence-electron chi connectivity index (χ4n) is 0.0456. The molecule has 0 aliphatic heterocycles. The predicted molar refractivity (Wildman–Crippen MR) is 17.0 cm³/mol. The molecule has 0 amide bonds. The van der Waals surface area contributed by atoms with Gasteiger partial charge in [0.15, 0.2) is 0 Å². The van der Waals surface area contributed by atoms with E-state index in [9.17, 15) is 9.90 Å². The van der Waals surface area contributed by atoms with Gasteiger partial charge in [0, 0.05) is 0 Å². The molecule has 0 aromatic carbocycles. The molecular formula is C3H5KO3. The number of carbonyl (C=O) groups excluding carboxylic acids is 1. The second-order valence-electron chi connectivity index (χ2n) is 0.841. The second kappa shape index (κ2) is 7.23. The van der Waals surface area contributed by atoms with Crippen molar-refractivity contribution in [1.82, 2.24) is 0 Å². The zero-order valence-electron chi connectivity index (χ0n) is 4.18. The summed E-state index contributed by atoms with van der Waals surface area (Å²) in [6.07, 6.45) is 0. The molecule has 36 valence electrons. The summed E-state index contributed by atoms with van der Waals surface area (Å²) >= 11 is 0. The van der Waals surface area contributed by atoms with Crippen molar-refractivity contribution in [2.24, 2.45) is 0 Å². The van der Waals surface area contributed by atoms with Crippen LogP contribution in [-0.4, -0.2) is 24.1 Å². The number of hydrogen-bond acceptors (Lipinski definition) is 3. The summed E-state index contributed by atoms with van der Waals surface area (Å²) in [5.41, 5.74) is 0. The van der Waals surface area contributed by atoms with Gasteiger partial charge in [-0.25, -0.2) is 0 Å². The average Bonchev–Trinajstić information content (AvgIpc) is 1.65. The summed E-state index contributed by atoms with van der Waals surface area (Å²) in [6.45, 7) is -1.43. The summed E-state index contributed by atoms with van der Waals surface area (Å²) in [5, 5.41) is 17.1. The molecule has 0 aromatic heterocycles. The van der Waals surface area contributed by atoms with Crippen LogP contribution in [0.1, 0.15) is 0 Å². The Bertz CT molecular complexity index is 48.1. The van der Waals surface area contributed by atoms with Gasteiger partial charge in [0.05, 0.1) is 0 Å². The van der Waals surface area contributed by atoms with Crippen molar-refractivity contribution in [3.63, 3.8) is 0 Å².